The van der Waals surface area contributed by atoms with Crippen LogP contribution in [-0.4, -0.2) is 42.8 Å². The Balaban J connectivity index is 1.35. The van der Waals surface area contributed by atoms with Crippen molar-refractivity contribution in [1.82, 2.24) is 0 Å². The Kier molecular flexibility index (Phi) is 11.0. The summed E-state index contributed by atoms with van der Waals surface area (Å²) in [7, 11) is -1.19. The molecular weight excluding hydrogens is 520 g/mol. The molecule has 5 rings (SSSR count). The minimum Gasteiger partial charge on any atom is -0.490 e. The highest BCUT2D eigenvalue weighted by Crippen LogP contribution is 2.47. The molecule has 0 saturated carbocycles. The Morgan fingerprint density at radius 2 is 1.05 bits per heavy atom. The molecule has 0 bridgehead atoms. The van der Waals surface area contributed by atoms with Crippen molar-refractivity contribution in [2.45, 2.75) is 126 Å². The minimum atomic E-state index is -1.19. The van der Waals surface area contributed by atoms with Crippen molar-refractivity contribution in [3.63, 3.8) is 0 Å². The van der Waals surface area contributed by atoms with Crippen LogP contribution in [0.15, 0.2) is 34.1 Å². The molecule has 3 heterocycles. The van der Waals surface area contributed by atoms with Crippen molar-refractivity contribution < 1.29 is 23.2 Å². The fourth-order valence-electron chi connectivity index (χ4n) is 5.60. The van der Waals surface area contributed by atoms with Crippen LogP contribution in [0.5, 0.6) is 11.5 Å². The molecule has 0 spiro atoms. The topological polar surface area (TPSA) is 60.6 Å². The number of benzene rings is 2. The molecule has 5 nitrogen and oxygen atoms in total. The second kappa shape index (κ2) is 14.8. The number of ether oxygens (including phenoxy) is 4. The van der Waals surface area contributed by atoms with Gasteiger partial charge in [-0.05, 0) is 61.1 Å². The van der Waals surface area contributed by atoms with E-state index in [0.29, 0.717) is 13.2 Å². The van der Waals surface area contributed by atoms with Crippen LogP contribution < -0.4 is 9.47 Å². The van der Waals surface area contributed by atoms with Crippen LogP contribution in [-0.2, 0) is 33.1 Å². The van der Waals surface area contributed by atoms with E-state index in [9.17, 15) is 4.21 Å². The summed E-state index contributed by atoms with van der Waals surface area (Å²) in [5.41, 5.74) is 4.38. The molecule has 0 aromatic heterocycles. The van der Waals surface area contributed by atoms with Gasteiger partial charge in [0.25, 0.3) is 0 Å². The third kappa shape index (κ3) is 8.10. The lowest BCUT2D eigenvalue weighted by Crippen LogP contribution is -2.07. The maximum atomic E-state index is 13.9. The summed E-state index contributed by atoms with van der Waals surface area (Å²) in [5, 5.41) is 0. The molecule has 2 aromatic rings. The second-order valence-electron chi connectivity index (χ2n) is 11.7. The third-order valence-corrected chi connectivity index (χ3v) is 9.74. The zero-order valence-electron chi connectivity index (χ0n) is 24.6. The predicted octanol–water partition coefficient (Wildman–Crippen LogP) is 8.19. The van der Waals surface area contributed by atoms with Crippen LogP contribution in [0.25, 0.3) is 11.1 Å². The molecule has 2 aromatic carbocycles. The maximum Gasteiger partial charge on any atom is 0.123 e. The van der Waals surface area contributed by atoms with Gasteiger partial charge in [-0.1, -0.05) is 78.1 Å². The summed E-state index contributed by atoms with van der Waals surface area (Å²) in [5.74, 6) is 1.83. The Labute approximate surface area is 243 Å². The second-order valence-corrected chi connectivity index (χ2v) is 13.2. The summed E-state index contributed by atoms with van der Waals surface area (Å²) in [4.78, 5) is 1.83. The Hall–Kier alpha value is -1.89. The van der Waals surface area contributed by atoms with Crippen molar-refractivity contribution >= 4 is 10.8 Å². The minimum absolute atomic E-state index is 0.200. The first-order valence-electron chi connectivity index (χ1n) is 15.9. The molecule has 220 valence electrons. The number of hydrogen-bond donors (Lipinski definition) is 0. The van der Waals surface area contributed by atoms with E-state index in [-0.39, 0.29) is 12.2 Å². The SMILES string of the molecule is CCCCCCCCc1cc2c(cc1OCC1CO1)-c1cc(OCC3CO3)c(CCCCCCCC)cc1S2=O. The van der Waals surface area contributed by atoms with E-state index < -0.39 is 10.8 Å². The van der Waals surface area contributed by atoms with Gasteiger partial charge in [-0.3, -0.25) is 0 Å². The standard InChI is InChI=1S/C34H48O5S/c1-3-5-7-9-11-13-15-25-17-33-29(19-31(25)38-23-27-21-36-27)30-20-32(39-24-28-22-37-28)26(18-34(30)40(33)35)16-14-12-10-8-6-4-2/h17-20,27-28H,3-16,21-24H2,1-2H3. The van der Waals surface area contributed by atoms with Crippen molar-refractivity contribution in [3.8, 4) is 22.6 Å². The molecule has 3 aliphatic heterocycles. The molecule has 0 aliphatic carbocycles. The largest absolute Gasteiger partial charge is 0.490 e. The van der Waals surface area contributed by atoms with Crippen molar-refractivity contribution in [2.75, 3.05) is 26.4 Å². The molecule has 6 heteroatoms. The van der Waals surface area contributed by atoms with Crippen molar-refractivity contribution in [3.05, 3.63) is 35.4 Å². The van der Waals surface area contributed by atoms with E-state index >= 15 is 0 Å². The lowest BCUT2D eigenvalue weighted by Gasteiger charge is -2.15. The first kappa shape index (κ1) is 29.6. The van der Waals surface area contributed by atoms with E-state index in [0.717, 1.165) is 71.3 Å². The highest BCUT2D eigenvalue weighted by atomic mass is 32.2. The average molecular weight is 569 g/mol. The van der Waals surface area contributed by atoms with Gasteiger partial charge in [0, 0.05) is 11.1 Å². The Morgan fingerprint density at radius 3 is 1.45 bits per heavy atom. The highest BCUT2D eigenvalue weighted by Gasteiger charge is 2.31. The zero-order valence-corrected chi connectivity index (χ0v) is 25.5. The van der Waals surface area contributed by atoms with Gasteiger partial charge in [-0.2, -0.15) is 0 Å². The normalized spacial score (nSPS) is 20.3. The first-order chi connectivity index (χ1) is 19.7. The monoisotopic (exact) mass is 568 g/mol. The van der Waals surface area contributed by atoms with Crippen LogP contribution in [0, 0.1) is 0 Å². The number of epoxide rings is 2. The van der Waals surface area contributed by atoms with E-state index in [2.05, 4.69) is 38.1 Å². The van der Waals surface area contributed by atoms with Gasteiger partial charge in [-0.15, -0.1) is 0 Å². The van der Waals surface area contributed by atoms with Gasteiger partial charge in [0.1, 0.15) is 36.9 Å². The van der Waals surface area contributed by atoms with Crippen molar-refractivity contribution in [1.29, 1.82) is 0 Å². The van der Waals surface area contributed by atoms with E-state index in [1.165, 1.54) is 75.3 Å². The molecule has 2 atom stereocenters. The van der Waals surface area contributed by atoms with Crippen LogP contribution in [0.3, 0.4) is 0 Å². The fraction of sp³-hybridized carbons (Fsp3) is 0.647. The molecule has 0 N–H and O–H groups in total. The number of hydrogen-bond acceptors (Lipinski definition) is 5. The maximum absolute atomic E-state index is 13.9. The number of rotatable bonds is 20. The van der Waals surface area contributed by atoms with Gasteiger partial charge in [0.15, 0.2) is 0 Å². The number of fused-ring (bicyclic) bond motifs is 3. The Morgan fingerprint density at radius 1 is 0.650 bits per heavy atom. The molecule has 3 aliphatic rings. The van der Waals surface area contributed by atoms with Gasteiger partial charge < -0.3 is 18.9 Å². The highest BCUT2D eigenvalue weighted by molar-refractivity contribution is 7.85. The van der Waals surface area contributed by atoms with Gasteiger partial charge in [0.05, 0.1) is 33.8 Å². The summed E-state index contributed by atoms with van der Waals surface area (Å²) >= 11 is 0. The predicted molar refractivity (Wildman–Crippen MR) is 161 cm³/mol. The lowest BCUT2D eigenvalue weighted by atomic mass is 9.97. The molecule has 2 saturated heterocycles. The zero-order chi connectivity index (χ0) is 27.7. The quantitative estimate of drug-likeness (QED) is 0.102. The first-order valence-corrected chi connectivity index (χ1v) is 17.1. The van der Waals surface area contributed by atoms with Gasteiger partial charge in [-0.25, -0.2) is 4.21 Å². The van der Waals surface area contributed by atoms with Crippen LogP contribution >= 0.6 is 0 Å². The smallest absolute Gasteiger partial charge is 0.123 e. The molecule has 0 amide bonds. The molecular formula is C34H48O5S. The van der Waals surface area contributed by atoms with E-state index in [1.807, 2.05) is 0 Å². The van der Waals surface area contributed by atoms with Crippen LogP contribution in [0.4, 0.5) is 0 Å². The van der Waals surface area contributed by atoms with Gasteiger partial charge in [0.2, 0.25) is 0 Å². The average Bonchev–Trinajstić information content (AvgIpc) is 3.90. The molecule has 0 radical (unpaired) electrons. The van der Waals surface area contributed by atoms with Gasteiger partial charge >= 0.3 is 0 Å². The van der Waals surface area contributed by atoms with Crippen molar-refractivity contribution in [2.24, 2.45) is 0 Å². The molecule has 2 unspecified atom stereocenters. The Bertz CT molecular complexity index is 1050. The van der Waals surface area contributed by atoms with E-state index in [1.54, 1.807) is 0 Å². The lowest BCUT2D eigenvalue weighted by molar-refractivity contribution is 0.260. The number of aryl methyl sites for hydroxylation is 2. The summed E-state index contributed by atoms with van der Waals surface area (Å²) in [6.45, 7) is 7.21. The van der Waals surface area contributed by atoms with Crippen LogP contribution in [0.1, 0.15) is 102 Å². The summed E-state index contributed by atoms with van der Waals surface area (Å²) in [6, 6.07) is 8.59. The third-order valence-electron chi connectivity index (χ3n) is 8.27. The molecule has 40 heavy (non-hydrogen) atoms. The molecule has 2 fully saturated rings. The summed E-state index contributed by atoms with van der Waals surface area (Å²) < 4.78 is 37.3. The number of unbranched alkanes of at least 4 members (excludes halogenated alkanes) is 10. The summed E-state index contributed by atoms with van der Waals surface area (Å²) in [6.07, 6.45) is 17.3. The fourth-order valence-corrected chi connectivity index (χ4v) is 7.07. The van der Waals surface area contributed by atoms with E-state index in [4.69, 9.17) is 18.9 Å². The van der Waals surface area contributed by atoms with Crippen LogP contribution in [0.2, 0.25) is 0 Å².